The molecular formula is C31H25F2N5O5. The number of fused-ring (bicyclic) bond motifs is 1. The predicted molar refractivity (Wildman–Crippen MR) is 151 cm³/mol. The molecule has 0 saturated carbocycles. The Morgan fingerprint density at radius 2 is 1.86 bits per heavy atom. The highest BCUT2D eigenvalue weighted by molar-refractivity contribution is 5.92. The summed E-state index contributed by atoms with van der Waals surface area (Å²) in [4.78, 5) is 24.4. The van der Waals surface area contributed by atoms with E-state index in [-0.39, 0.29) is 41.4 Å². The van der Waals surface area contributed by atoms with Crippen molar-refractivity contribution in [1.29, 1.82) is 5.26 Å². The normalized spacial score (nSPS) is 11.0. The van der Waals surface area contributed by atoms with Crippen LogP contribution < -0.4 is 9.47 Å². The van der Waals surface area contributed by atoms with Crippen molar-refractivity contribution in [3.05, 3.63) is 101 Å². The lowest BCUT2D eigenvalue weighted by Crippen LogP contribution is -2.10. The van der Waals surface area contributed by atoms with Gasteiger partial charge in [-0.3, -0.25) is 0 Å². The summed E-state index contributed by atoms with van der Waals surface area (Å²) in [7, 11) is 3.01. The minimum absolute atomic E-state index is 0.0200. The summed E-state index contributed by atoms with van der Waals surface area (Å²) in [6.07, 6.45) is 1.33. The molecule has 0 bridgehead atoms. The Morgan fingerprint density at radius 1 is 1.02 bits per heavy atom. The standard InChI is InChI=1S/C31H25F2N5O5/c1-41-10-9-38-27-13-19(30(39)40)5-6-26(27)36-29(38)14-21-12-24(33)22(15-23(21)32)25-7-8-35-31(37-25)43-17-20-4-3-18(16-34)11-28(20)42-2/h3-8,11-13,15H,9-10,14,17H2,1-2H3,(H,39,40). The highest BCUT2D eigenvalue weighted by Crippen LogP contribution is 2.28. The van der Waals surface area contributed by atoms with Crippen molar-refractivity contribution in [1.82, 2.24) is 19.5 Å². The molecule has 5 aromatic rings. The van der Waals surface area contributed by atoms with E-state index in [0.29, 0.717) is 46.9 Å². The van der Waals surface area contributed by atoms with Gasteiger partial charge in [0.05, 0.1) is 47.6 Å². The molecule has 0 amide bonds. The van der Waals surface area contributed by atoms with Crippen molar-refractivity contribution >= 4 is 17.0 Å². The number of nitriles is 1. The number of methoxy groups -OCH3 is 2. The van der Waals surface area contributed by atoms with Crippen LogP contribution in [0.4, 0.5) is 8.78 Å². The van der Waals surface area contributed by atoms with E-state index >= 15 is 8.78 Å². The first kappa shape index (κ1) is 29.1. The molecule has 3 aromatic carbocycles. The lowest BCUT2D eigenvalue weighted by Gasteiger charge is -2.12. The topological polar surface area (TPSA) is 132 Å². The average Bonchev–Trinajstić information content (AvgIpc) is 3.36. The molecule has 43 heavy (non-hydrogen) atoms. The number of hydrogen-bond donors (Lipinski definition) is 1. The summed E-state index contributed by atoms with van der Waals surface area (Å²) in [5.41, 5.74) is 2.34. The van der Waals surface area contributed by atoms with Gasteiger partial charge in [-0.05, 0) is 54.1 Å². The van der Waals surface area contributed by atoms with Crippen LogP contribution in [0.25, 0.3) is 22.3 Å². The number of aromatic nitrogens is 4. The van der Waals surface area contributed by atoms with Gasteiger partial charge in [-0.2, -0.15) is 10.2 Å². The van der Waals surface area contributed by atoms with Crippen LogP contribution >= 0.6 is 0 Å². The fourth-order valence-corrected chi connectivity index (χ4v) is 4.60. The van der Waals surface area contributed by atoms with Gasteiger partial charge in [0.2, 0.25) is 0 Å². The van der Waals surface area contributed by atoms with Crippen LogP contribution in [-0.2, 0) is 24.3 Å². The molecule has 1 N–H and O–H groups in total. The predicted octanol–water partition coefficient (Wildman–Crippen LogP) is 5.17. The molecule has 0 radical (unpaired) electrons. The summed E-state index contributed by atoms with van der Waals surface area (Å²) in [6, 6.07) is 15.0. The van der Waals surface area contributed by atoms with Crippen LogP contribution in [-0.4, -0.2) is 51.4 Å². The maximum absolute atomic E-state index is 15.4. The molecule has 10 nitrogen and oxygen atoms in total. The summed E-state index contributed by atoms with van der Waals surface area (Å²) in [6.45, 7) is 0.666. The van der Waals surface area contributed by atoms with Crippen molar-refractivity contribution in [3.8, 4) is 29.1 Å². The number of ether oxygens (including phenoxy) is 3. The second-order valence-corrected chi connectivity index (χ2v) is 9.43. The van der Waals surface area contributed by atoms with Gasteiger partial charge >= 0.3 is 12.0 Å². The maximum Gasteiger partial charge on any atom is 0.335 e. The zero-order valence-corrected chi connectivity index (χ0v) is 23.2. The third kappa shape index (κ3) is 6.27. The van der Waals surface area contributed by atoms with Gasteiger partial charge in [0.15, 0.2) is 0 Å². The first-order valence-corrected chi connectivity index (χ1v) is 13.0. The molecule has 0 atom stereocenters. The Kier molecular flexibility index (Phi) is 8.54. The fourth-order valence-electron chi connectivity index (χ4n) is 4.60. The van der Waals surface area contributed by atoms with Gasteiger partial charge in [-0.25, -0.2) is 23.5 Å². The number of nitrogens with zero attached hydrogens (tertiary/aromatic N) is 5. The van der Waals surface area contributed by atoms with Crippen molar-refractivity contribution in [2.24, 2.45) is 0 Å². The molecule has 0 aliphatic rings. The fraction of sp³-hybridized carbons (Fsp3) is 0.194. The minimum atomic E-state index is -1.08. The van der Waals surface area contributed by atoms with Gasteiger partial charge in [0.25, 0.3) is 0 Å². The maximum atomic E-state index is 15.4. The SMILES string of the molecule is COCCn1c(Cc2cc(F)c(-c3ccnc(OCc4ccc(C#N)cc4OC)n3)cc2F)nc2ccc(C(=O)O)cc21. The third-order valence-corrected chi connectivity index (χ3v) is 6.76. The Bertz CT molecular complexity index is 1870. The molecule has 12 heteroatoms. The molecule has 0 fully saturated rings. The number of benzene rings is 3. The van der Waals surface area contributed by atoms with Gasteiger partial charge in [0.1, 0.15) is 29.8 Å². The second-order valence-electron chi connectivity index (χ2n) is 9.43. The first-order chi connectivity index (χ1) is 20.8. The van der Waals surface area contributed by atoms with E-state index in [0.717, 1.165) is 12.1 Å². The van der Waals surface area contributed by atoms with Gasteiger partial charge < -0.3 is 23.9 Å². The third-order valence-electron chi connectivity index (χ3n) is 6.76. The quantitative estimate of drug-likeness (QED) is 0.223. The lowest BCUT2D eigenvalue weighted by atomic mass is 10.0. The lowest BCUT2D eigenvalue weighted by molar-refractivity contribution is 0.0697. The summed E-state index contributed by atoms with van der Waals surface area (Å²) >= 11 is 0. The number of halogens is 2. The molecule has 0 saturated heterocycles. The molecule has 0 unspecified atom stereocenters. The van der Waals surface area contributed by atoms with E-state index in [1.807, 2.05) is 6.07 Å². The number of hydrogen-bond acceptors (Lipinski definition) is 8. The van der Waals surface area contributed by atoms with Crippen LogP contribution in [0, 0.1) is 23.0 Å². The van der Waals surface area contributed by atoms with E-state index in [4.69, 9.17) is 19.5 Å². The zero-order chi connectivity index (χ0) is 30.5. The smallest absolute Gasteiger partial charge is 0.335 e. The Morgan fingerprint density at radius 3 is 2.60 bits per heavy atom. The van der Waals surface area contributed by atoms with Crippen molar-refractivity contribution in [2.45, 2.75) is 19.6 Å². The van der Waals surface area contributed by atoms with Crippen LogP contribution in [0.5, 0.6) is 11.8 Å². The molecule has 218 valence electrons. The van der Waals surface area contributed by atoms with E-state index in [1.165, 1.54) is 38.6 Å². The molecular weight excluding hydrogens is 560 g/mol. The summed E-state index contributed by atoms with van der Waals surface area (Å²) in [5, 5.41) is 18.5. The van der Waals surface area contributed by atoms with Crippen LogP contribution in [0.1, 0.15) is 32.9 Å². The molecule has 2 aromatic heterocycles. The largest absolute Gasteiger partial charge is 0.496 e. The zero-order valence-electron chi connectivity index (χ0n) is 23.2. The number of imidazole rings is 1. The van der Waals surface area contributed by atoms with Crippen LogP contribution in [0.15, 0.2) is 60.8 Å². The molecule has 0 spiro atoms. The van der Waals surface area contributed by atoms with Crippen molar-refractivity contribution in [3.63, 3.8) is 0 Å². The second kappa shape index (κ2) is 12.6. The Labute approximate surface area is 244 Å². The highest BCUT2D eigenvalue weighted by atomic mass is 19.1. The monoisotopic (exact) mass is 585 g/mol. The summed E-state index contributed by atoms with van der Waals surface area (Å²) in [5.74, 6) is -1.58. The number of rotatable bonds is 11. The van der Waals surface area contributed by atoms with Crippen LogP contribution in [0.3, 0.4) is 0 Å². The number of carboxylic acids is 1. The molecule has 0 aliphatic heterocycles. The number of aromatic carboxylic acids is 1. The van der Waals surface area contributed by atoms with Gasteiger partial charge in [0, 0.05) is 37.4 Å². The van der Waals surface area contributed by atoms with Gasteiger partial charge in [-0.15, -0.1) is 0 Å². The molecule has 2 heterocycles. The van der Waals surface area contributed by atoms with E-state index < -0.39 is 17.6 Å². The molecule has 5 rings (SSSR count). The minimum Gasteiger partial charge on any atom is -0.496 e. The Balaban J connectivity index is 1.40. The van der Waals surface area contributed by atoms with E-state index in [2.05, 4.69) is 15.0 Å². The van der Waals surface area contributed by atoms with E-state index in [9.17, 15) is 9.90 Å². The number of carbonyl (C=O) groups is 1. The molecule has 0 aliphatic carbocycles. The highest BCUT2D eigenvalue weighted by Gasteiger charge is 2.19. The average molecular weight is 586 g/mol. The first-order valence-electron chi connectivity index (χ1n) is 13.0. The number of carboxylic acid groups (broad SMARTS) is 1. The van der Waals surface area contributed by atoms with E-state index in [1.54, 1.807) is 28.8 Å². The van der Waals surface area contributed by atoms with Crippen LogP contribution in [0.2, 0.25) is 0 Å². The van der Waals surface area contributed by atoms with Crippen molar-refractivity contribution < 1.29 is 32.9 Å². The summed E-state index contributed by atoms with van der Waals surface area (Å²) < 4.78 is 48.7. The van der Waals surface area contributed by atoms with Crippen molar-refractivity contribution in [2.75, 3.05) is 20.8 Å². The van der Waals surface area contributed by atoms with Gasteiger partial charge in [-0.1, -0.05) is 6.07 Å². The Hall–Kier alpha value is -5.41.